The van der Waals surface area contributed by atoms with E-state index in [4.69, 9.17) is 0 Å². The first-order valence-electron chi connectivity index (χ1n) is 8.11. The monoisotopic (exact) mass is 350 g/mol. The molecule has 0 bridgehead atoms. The molecule has 0 saturated heterocycles. The molecule has 0 unspecified atom stereocenters. The van der Waals surface area contributed by atoms with Gasteiger partial charge in [-0.15, -0.1) is 0 Å². The first-order valence-corrected chi connectivity index (χ1v) is 8.11. The van der Waals surface area contributed by atoms with E-state index in [0.717, 1.165) is 5.69 Å². The van der Waals surface area contributed by atoms with Crippen molar-refractivity contribution in [2.75, 3.05) is 10.6 Å². The van der Waals surface area contributed by atoms with Crippen LogP contribution in [0.25, 0.3) is 0 Å². The van der Waals surface area contributed by atoms with E-state index >= 15 is 0 Å². The molecule has 1 aromatic heterocycles. The zero-order chi connectivity index (χ0) is 18.5. The Hall–Kier alpha value is -3.55. The summed E-state index contributed by atoms with van der Waals surface area (Å²) in [6.07, 6.45) is 0. The van der Waals surface area contributed by atoms with E-state index in [1.165, 1.54) is 12.1 Å². The molecule has 0 fully saturated rings. The fourth-order valence-electron chi connectivity index (χ4n) is 2.21. The van der Waals surface area contributed by atoms with Gasteiger partial charge in [0.15, 0.2) is 0 Å². The SMILES string of the molecule is CC(C)c1nc(Nc2ccccc2)nc(Nc2ccc([N+](=O)[O-])cc2)n1. The predicted octanol–water partition coefficient (Wildman–Crippen LogP) is 4.39. The molecule has 0 atom stereocenters. The number of benzene rings is 2. The zero-order valence-corrected chi connectivity index (χ0v) is 14.4. The largest absolute Gasteiger partial charge is 0.324 e. The summed E-state index contributed by atoms with van der Waals surface area (Å²) < 4.78 is 0. The molecule has 1 heterocycles. The highest BCUT2D eigenvalue weighted by Crippen LogP contribution is 2.21. The number of hydrogen-bond acceptors (Lipinski definition) is 7. The van der Waals surface area contributed by atoms with Crippen molar-refractivity contribution in [3.05, 3.63) is 70.5 Å². The summed E-state index contributed by atoms with van der Waals surface area (Å²) in [5.41, 5.74) is 1.55. The van der Waals surface area contributed by atoms with Crippen LogP contribution in [0, 0.1) is 10.1 Å². The van der Waals surface area contributed by atoms with E-state index in [9.17, 15) is 10.1 Å². The Kier molecular flexibility index (Phi) is 5.02. The van der Waals surface area contributed by atoms with Gasteiger partial charge in [-0.3, -0.25) is 10.1 Å². The molecule has 132 valence electrons. The summed E-state index contributed by atoms with van der Waals surface area (Å²) in [7, 11) is 0. The van der Waals surface area contributed by atoms with Gasteiger partial charge >= 0.3 is 0 Å². The smallest absolute Gasteiger partial charge is 0.269 e. The first-order chi connectivity index (χ1) is 12.5. The van der Waals surface area contributed by atoms with Gasteiger partial charge in [0.05, 0.1) is 4.92 Å². The molecule has 8 heteroatoms. The number of anilines is 4. The molecule has 0 aliphatic rings. The van der Waals surface area contributed by atoms with Crippen LogP contribution in [-0.4, -0.2) is 19.9 Å². The van der Waals surface area contributed by atoms with Gasteiger partial charge in [-0.25, -0.2) is 0 Å². The van der Waals surface area contributed by atoms with Crippen molar-refractivity contribution < 1.29 is 4.92 Å². The third-order valence-electron chi connectivity index (χ3n) is 3.53. The van der Waals surface area contributed by atoms with Crippen molar-refractivity contribution in [2.24, 2.45) is 0 Å². The van der Waals surface area contributed by atoms with Gasteiger partial charge in [0.25, 0.3) is 5.69 Å². The van der Waals surface area contributed by atoms with Crippen LogP contribution in [-0.2, 0) is 0 Å². The number of hydrogen-bond donors (Lipinski definition) is 2. The molecule has 0 amide bonds. The molecular formula is C18H18N6O2. The lowest BCUT2D eigenvalue weighted by atomic mass is 10.2. The van der Waals surface area contributed by atoms with Crippen LogP contribution in [0.15, 0.2) is 54.6 Å². The molecular weight excluding hydrogens is 332 g/mol. The number of para-hydroxylation sites is 1. The molecule has 0 saturated carbocycles. The first kappa shape index (κ1) is 17.3. The minimum atomic E-state index is -0.439. The Morgan fingerprint density at radius 2 is 1.38 bits per heavy atom. The Labute approximate surface area is 150 Å². The van der Waals surface area contributed by atoms with Crippen LogP contribution in [0.5, 0.6) is 0 Å². The van der Waals surface area contributed by atoms with Crippen molar-refractivity contribution in [1.29, 1.82) is 0 Å². The maximum atomic E-state index is 10.8. The second-order valence-corrected chi connectivity index (χ2v) is 5.92. The van der Waals surface area contributed by atoms with Gasteiger partial charge in [-0.05, 0) is 24.3 Å². The molecule has 2 aromatic carbocycles. The number of nitrogens with zero attached hydrogens (tertiary/aromatic N) is 4. The molecule has 0 aliphatic heterocycles. The third-order valence-corrected chi connectivity index (χ3v) is 3.53. The summed E-state index contributed by atoms with van der Waals surface area (Å²) in [5.74, 6) is 1.56. The van der Waals surface area contributed by atoms with Crippen LogP contribution >= 0.6 is 0 Å². The molecule has 3 aromatic rings. The Morgan fingerprint density at radius 1 is 0.846 bits per heavy atom. The van der Waals surface area contributed by atoms with Gasteiger partial charge in [-0.2, -0.15) is 15.0 Å². The van der Waals surface area contributed by atoms with E-state index < -0.39 is 4.92 Å². The molecule has 0 radical (unpaired) electrons. The van der Waals surface area contributed by atoms with Crippen molar-refractivity contribution in [3.8, 4) is 0 Å². The van der Waals surface area contributed by atoms with E-state index in [-0.39, 0.29) is 11.6 Å². The van der Waals surface area contributed by atoms with Crippen LogP contribution in [0.3, 0.4) is 0 Å². The Morgan fingerprint density at radius 3 is 1.88 bits per heavy atom. The van der Waals surface area contributed by atoms with E-state index in [1.807, 2.05) is 44.2 Å². The quantitative estimate of drug-likeness (QED) is 0.501. The number of nitrogens with one attached hydrogen (secondary N) is 2. The van der Waals surface area contributed by atoms with Crippen molar-refractivity contribution in [3.63, 3.8) is 0 Å². The summed E-state index contributed by atoms with van der Waals surface area (Å²) in [4.78, 5) is 23.6. The second-order valence-electron chi connectivity index (χ2n) is 5.92. The number of nitro groups is 1. The van der Waals surface area contributed by atoms with Crippen LogP contribution in [0.1, 0.15) is 25.6 Å². The van der Waals surface area contributed by atoms with Gasteiger partial charge in [0.1, 0.15) is 5.82 Å². The van der Waals surface area contributed by atoms with Gasteiger partial charge in [-0.1, -0.05) is 32.0 Å². The van der Waals surface area contributed by atoms with E-state index in [2.05, 4.69) is 25.6 Å². The summed E-state index contributed by atoms with van der Waals surface area (Å²) in [6, 6.07) is 15.7. The minimum Gasteiger partial charge on any atom is -0.324 e. The Balaban J connectivity index is 1.87. The summed E-state index contributed by atoms with van der Waals surface area (Å²) in [6.45, 7) is 3.99. The van der Waals surface area contributed by atoms with E-state index in [0.29, 0.717) is 23.4 Å². The highest BCUT2D eigenvalue weighted by molar-refractivity contribution is 5.58. The standard InChI is InChI=1S/C18H18N6O2/c1-12(2)16-21-17(19-13-6-4-3-5-7-13)23-18(22-16)20-14-8-10-15(11-9-14)24(25)26/h3-12H,1-2H3,(H2,19,20,21,22,23). The van der Waals surface area contributed by atoms with Crippen molar-refractivity contribution >= 4 is 29.0 Å². The van der Waals surface area contributed by atoms with Crippen LogP contribution < -0.4 is 10.6 Å². The number of aromatic nitrogens is 3. The minimum absolute atomic E-state index is 0.0282. The zero-order valence-electron chi connectivity index (χ0n) is 14.4. The number of rotatable bonds is 6. The fourth-order valence-corrected chi connectivity index (χ4v) is 2.21. The summed E-state index contributed by atoms with van der Waals surface area (Å²) in [5, 5.41) is 17.0. The maximum Gasteiger partial charge on any atom is 0.269 e. The average molecular weight is 350 g/mol. The lowest BCUT2D eigenvalue weighted by Crippen LogP contribution is -2.08. The van der Waals surface area contributed by atoms with Crippen LogP contribution in [0.2, 0.25) is 0 Å². The fraction of sp³-hybridized carbons (Fsp3) is 0.167. The highest BCUT2D eigenvalue weighted by atomic mass is 16.6. The second kappa shape index (κ2) is 7.56. The van der Waals surface area contributed by atoms with E-state index in [1.54, 1.807) is 12.1 Å². The predicted molar refractivity (Wildman–Crippen MR) is 100 cm³/mol. The van der Waals surface area contributed by atoms with Gasteiger partial charge < -0.3 is 10.6 Å². The van der Waals surface area contributed by atoms with Crippen molar-refractivity contribution in [1.82, 2.24) is 15.0 Å². The topological polar surface area (TPSA) is 106 Å². The molecule has 0 spiro atoms. The van der Waals surface area contributed by atoms with Crippen LogP contribution in [0.4, 0.5) is 29.0 Å². The molecule has 0 aliphatic carbocycles. The lowest BCUT2D eigenvalue weighted by molar-refractivity contribution is -0.384. The number of nitro benzene ring substituents is 1. The summed E-state index contributed by atoms with van der Waals surface area (Å²) >= 11 is 0. The number of non-ortho nitro benzene ring substituents is 1. The van der Waals surface area contributed by atoms with Crippen molar-refractivity contribution in [2.45, 2.75) is 19.8 Å². The maximum absolute atomic E-state index is 10.8. The third kappa shape index (κ3) is 4.29. The normalized spacial score (nSPS) is 10.6. The van der Waals surface area contributed by atoms with Gasteiger partial charge in [0.2, 0.25) is 11.9 Å². The van der Waals surface area contributed by atoms with Gasteiger partial charge in [0, 0.05) is 29.4 Å². The lowest BCUT2D eigenvalue weighted by Gasteiger charge is -2.11. The molecule has 3 rings (SSSR count). The highest BCUT2D eigenvalue weighted by Gasteiger charge is 2.11. The molecule has 8 nitrogen and oxygen atoms in total. The molecule has 26 heavy (non-hydrogen) atoms. The Bertz CT molecular complexity index is 897. The average Bonchev–Trinajstić information content (AvgIpc) is 2.63. The molecule has 2 N–H and O–H groups in total.